The van der Waals surface area contributed by atoms with Gasteiger partial charge in [-0.15, -0.1) is 0 Å². The zero-order chi connectivity index (χ0) is 13.1. The van der Waals surface area contributed by atoms with E-state index < -0.39 is 26.8 Å². The molecule has 17 heavy (non-hydrogen) atoms. The summed E-state index contributed by atoms with van der Waals surface area (Å²) >= 11 is 0. The first-order valence-corrected chi connectivity index (χ1v) is 7.13. The van der Waals surface area contributed by atoms with Crippen LogP contribution in [0.15, 0.2) is 0 Å². The minimum Gasteiger partial charge on any atom is -0.468 e. The fourth-order valence-electron chi connectivity index (χ4n) is 2.03. The average molecular weight is 265 g/mol. The topological polar surface area (TPSA) is 92.7 Å². The van der Waals surface area contributed by atoms with E-state index in [1.165, 1.54) is 6.92 Å². The van der Waals surface area contributed by atoms with Gasteiger partial charge >= 0.3 is 5.97 Å². The van der Waals surface area contributed by atoms with Crippen molar-refractivity contribution in [2.24, 2.45) is 0 Å². The van der Waals surface area contributed by atoms with E-state index in [0.717, 1.165) is 20.0 Å². The number of sulfonamides is 1. The maximum Gasteiger partial charge on any atom is 0.325 e. The number of methoxy groups -OCH3 is 1. The van der Waals surface area contributed by atoms with Crippen molar-refractivity contribution in [3.05, 3.63) is 0 Å². The molecule has 0 spiro atoms. The number of esters is 1. The van der Waals surface area contributed by atoms with Crippen LogP contribution in [0.2, 0.25) is 0 Å². The molecule has 7 heteroatoms. The fraction of sp³-hybridized carbons (Fsp3) is 0.900. The SMILES string of the molecule is COC(=O)C(C)S(=O)(=O)NC1(CO)CCCC1. The summed E-state index contributed by atoms with van der Waals surface area (Å²) in [6.07, 6.45) is 2.93. The van der Waals surface area contributed by atoms with Crippen molar-refractivity contribution in [2.45, 2.75) is 43.4 Å². The maximum absolute atomic E-state index is 11.9. The summed E-state index contributed by atoms with van der Waals surface area (Å²) in [6.45, 7) is 1.02. The average Bonchev–Trinajstić information content (AvgIpc) is 2.75. The summed E-state index contributed by atoms with van der Waals surface area (Å²) in [5, 5.41) is 8.05. The maximum atomic E-state index is 11.9. The second-order valence-electron chi connectivity index (χ2n) is 4.46. The van der Waals surface area contributed by atoms with Crippen LogP contribution in [0.5, 0.6) is 0 Å². The van der Waals surface area contributed by atoms with Gasteiger partial charge in [-0.1, -0.05) is 12.8 Å². The third-order valence-corrected chi connectivity index (χ3v) is 5.06. The quantitative estimate of drug-likeness (QED) is 0.670. The number of aliphatic hydroxyl groups excluding tert-OH is 1. The molecule has 6 nitrogen and oxygen atoms in total. The molecule has 1 aliphatic rings. The number of ether oxygens (including phenoxy) is 1. The highest BCUT2D eigenvalue weighted by Gasteiger charge is 2.40. The minimum atomic E-state index is -3.81. The number of rotatable bonds is 5. The van der Waals surface area contributed by atoms with Crippen LogP contribution in [0, 0.1) is 0 Å². The number of hydrogen-bond donors (Lipinski definition) is 2. The number of carbonyl (C=O) groups is 1. The van der Waals surface area contributed by atoms with E-state index in [-0.39, 0.29) is 6.61 Å². The zero-order valence-corrected chi connectivity index (χ0v) is 10.9. The Morgan fingerprint density at radius 2 is 2.00 bits per heavy atom. The van der Waals surface area contributed by atoms with Crippen LogP contribution in [-0.2, 0) is 19.6 Å². The minimum absolute atomic E-state index is 0.250. The van der Waals surface area contributed by atoms with Gasteiger partial charge in [0.2, 0.25) is 10.0 Å². The lowest BCUT2D eigenvalue weighted by Gasteiger charge is -2.28. The van der Waals surface area contributed by atoms with Crippen molar-refractivity contribution in [1.82, 2.24) is 4.72 Å². The standard InChI is InChI=1S/C10H19NO5S/c1-8(9(13)16-2)17(14,15)11-10(7-12)5-3-4-6-10/h8,11-12H,3-7H2,1-2H3. The molecule has 0 aromatic rings. The first-order valence-electron chi connectivity index (χ1n) is 5.58. The van der Waals surface area contributed by atoms with Gasteiger partial charge in [0.05, 0.1) is 19.3 Å². The summed E-state index contributed by atoms with van der Waals surface area (Å²) in [4.78, 5) is 11.2. The molecule has 0 radical (unpaired) electrons. The molecule has 0 heterocycles. The van der Waals surface area contributed by atoms with E-state index in [1.54, 1.807) is 0 Å². The predicted octanol–water partition coefficient (Wildman–Crippen LogP) is -0.228. The summed E-state index contributed by atoms with van der Waals surface area (Å²) in [6, 6.07) is 0. The summed E-state index contributed by atoms with van der Waals surface area (Å²) < 4.78 is 30.7. The van der Waals surface area contributed by atoms with Crippen LogP contribution in [0.25, 0.3) is 0 Å². The van der Waals surface area contributed by atoms with E-state index in [4.69, 9.17) is 0 Å². The van der Waals surface area contributed by atoms with Gasteiger partial charge in [-0.25, -0.2) is 13.1 Å². The lowest BCUT2D eigenvalue weighted by atomic mass is 10.0. The Labute approximate surface area is 101 Å². The molecule has 1 aliphatic carbocycles. The Morgan fingerprint density at radius 1 is 1.47 bits per heavy atom. The van der Waals surface area contributed by atoms with Crippen molar-refractivity contribution >= 4 is 16.0 Å². The normalized spacial score (nSPS) is 21.1. The lowest BCUT2D eigenvalue weighted by molar-refractivity contribution is -0.139. The third kappa shape index (κ3) is 3.17. The van der Waals surface area contributed by atoms with Crippen molar-refractivity contribution < 1.29 is 23.1 Å². The molecule has 0 aromatic carbocycles. The summed E-state index contributed by atoms with van der Waals surface area (Å²) in [5.74, 6) is -0.802. The highest BCUT2D eigenvalue weighted by atomic mass is 32.2. The number of aliphatic hydroxyl groups is 1. The molecule has 1 saturated carbocycles. The van der Waals surface area contributed by atoms with E-state index in [9.17, 15) is 18.3 Å². The van der Waals surface area contributed by atoms with Gasteiger partial charge in [-0.05, 0) is 19.8 Å². The van der Waals surface area contributed by atoms with Gasteiger partial charge in [-0.3, -0.25) is 4.79 Å². The van der Waals surface area contributed by atoms with Crippen molar-refractivity contribution in [2.75, 3.05) is 13.7 Å². The molecule has 2 N–H and O–H groups in total. The first kappa shape index (κ1) is 14.4. The largest absolute Gasteiger partial charge is 0.468 e. The molecule has 0 aromatic heterocycles. The van der Waals surface area contributed by atoms with Crippen molar-refractivity contribution in [1.29, 1.82) is 0 Å². The van der Waals surface area contributed by atoms with E-state index >= 15 is 0 Å². The molecule has 1 fully saturated rings. The van der Waals surface area contributed by atoms with Gasteiger partial charge < -0.3 is 9.84 Å². The summed E-state index contributed by atoms with van der Waals surface area (Å²) in [7, 11) is -2.67. The monoisotopic (exact) mass is 265 g/mol. The van der Waals surface area contributed by atoms with Crippen LogP contribution >= 0.6 is 0 Å². The summed E-state index contributed by atoms with van der Waals surface area (Å²) in [5.41, 5.74) is -0.804. The second kappa shape index (κ2) is 5.32. The molecule has 0 saturated heterocycles. The zero-order valence-electron chi connectivity index (χ0n) is 10.1. The van der Waals surface area contributed by atoms with Crippen LogP contribution < -0.4 is 4.72 Å². The first-order chi connectivity index (χ1) is 7.87. The Morgan fingerprint density at radius 3 is 2.41 bits per heavy atom. The Bertz CT molecular complexity index is 372. The van der Waals surface area contributed by atoms with Crippen LogP contribution in [0.3, 0.4) is 0 Å². The van der Waals surface area contributed by atoms with Crippen LogP contribution in [-0.4, -0.2) is 44.0 Å². The Hall–Kier alpha value is -0.660. The van der Waals surface area contributed by atoms with Crippen LogP contribution in [0.4, 0.5) is 0 Å². The lowest BCUT2D eigenvalue weighted by Crippen LogP contribution is -2.53. The highest BCUT2D eigenvalue weighted by Crippen LogP contribution is 2.30. The molecule has 1 unspecified atom stereocenters. The number of carbonyl (C=O) groups excluding carboxylic acids is 1. The van der Waals surface area contributed by atoms with Gasteiger partial charge in [0.1, 0.15) is 0 Å². The molecule has 0 aliphatic heterocycles. The molecule has 1 atom stereocenters. The number of hydrogen-bond acceptors (Lipinski definition) is 5. The second-order valence-corrected chi connectivity index (χ2v) is 6.46. The third-order valence-electron chi connectivity index (χ3n) is 3.22. The van der Waals surface area contributed by atoms with E-state index in [0.29, 0.717) is 12.8 Å². The highest BCUT2D eigenvalue weighted by molar-refractivity contribution is 7.90. The van der Waals surface area contributed by atoms with Gasteiger partial charge in [-0.2, -0.15) is 0 Å². The predicted molar refractivity (Wildman–Crippen MR) is 61.8 cm³/mol. The van der Waals surface area contributed by atoms with Crippen molar-refractivity contribution in [3.63, 3.8) is 0 Å². The van der Waals surface area contributed by atoms with E-state index in [2.05, 4.69) is 9.46 Å². The molecular weight excluding hydrogens is 246 g/mol. The van der Waals surface area contributed by atoms with Gasteiger partial charge in [0, 0.05) is 0 Å². The van der Waals surface area contributed by atoms with Crippen LogP contribution in [0.1, 0.15) is 32.6 Å². The van der Waals surface area contributed by atoms with Crippen molar-refractivity contribution in [3.8, 4) is 0 Å². The fourth-order valence-corrected chi connectivity index (χ4v) is 3.43. The Kier molecular flexibility index (Phi) is 4.51. The van der Waals surface area contributed by atoms with Gasteiger partial charge in [0.15, 0.2) is 5.25 Å². The Balaban J connectivity index is 2.81. The molecule has 1 rings (SSSR count). The van der Waals surface area contributed by atoms with E-state index in [1.807, 2.05) is 0 Å². The molecule has 0 bridgehead atoms. The molecular formula is C10H19NO5S. The molecule has 100 valence electrons. The molecule has 0 amide bonds. The van der Waals surface area contributed by atoms with Gasteiger partial charge in [0.25, 0.3) is 0 Å². The smallest absolute Gasteiger partial charge is 0.325 e. The number of nitrogens with one attached hydrogen (secondary N) is 1.